The van der Waals surface area contributed by atoms with E-state index in [1.807, 2.05) is 38.1 Å². The first-order chi connectivity index (χ1) is 12.6. The first-order valence-corrected chi connectivity index (χ1v) is 8.76. The summed E-state index contributed by atoms with van der Waals surface area (Å²) >= 11 is 12.0. The molecule has 26 heavy (non-hydrogen) atoms. The molecule has 0 unspecified atom stereocenters. The fraction of sp³-hybridized carbons (Fsp3) is 0.158. The maximum absolute atomic E-state index is 6.05. The van der Waals surface area contributed by atoms with E-state index in [4.69, 9.17) is 32.7 Å². The Labute approximate surface area is 161 Å². The van der Waals surface area contributed by atoms with E-state index >= 15 is 0 Å². The minimum atomic E-state index is 0.473. The molecule has 0 aliphatic carbocycles. The quantitative estimate of drug-likeness (QED) is 0.385. The second kappa shape index (κ2) is 8.25. The molecule has 0 atom stereocenters. The molecule has 0 aliphatic rings. The SMILES string of the molecule is CCO/C=N/c1ccc(Oc2ccn(-c3ccc(Cl)c(Cl)c3)n2)cc1C. The Balaban J connectivity index is 1.74. The minimum Gasteiger partial charge on any atom is -0.483 e. The van der Waals surface area contributed by atoms with Crippen molar-refractivity contribution in [3.8, 4) is 17.3 Å². The largest absolute Gasteiger partial charge is 0.483 e. The van der Waals surface area contributed by atoms with Crippen LogP contribution in [-0.2, 0) is 4.74 Å². The van der Waals surface area contributed by atoms with Crippen LogP contribution in [0.15, 0.2) is 53.7 Å². The fourth-order valence-electron chi connectivity index (χ4n) is 2.26. The highest BCUT2D eigenvalue weighted by Gasteiger charge is 2.07. The summed E-state index contributed by atoms with van der Waals surface area (Å²) in [5.41, 5.74) is 2.60. The number of ether oxygens (including phenoxy) is 2. The number of aromatic nitrogens is 2. The van der Waals surface area contributed by atoms with Crippen LogP contribution in [0.4, 0.5) is 5.69 Å². The Bertz CT molecular complexity index is 938. The molecule has 5 nitrogen and oxygen atoms in total. The molecule has 0 N–H and O–H groups in total. The number of rotatable bonds is 6. The van der Waals surface area contributed by atoms with Gasteiger partial charge in [-0.15, -0.1) is 5.10 Å². The van der Waals surface area contributed by atoms with Crippen LogP contribution in [0.5, 0.6) is 11.6 Å². The second-order valence-electron chi connectivity index (χ2n) is 5.44. The molecule has 0 aliphatic heterocycles. The van der Waals surface area contributed by atoms with Gasteiger partial charge < -0.3 is 9.47 Å². The van der Waals surface area contributed by atoms with Crippen molar-refractivity contribution in [3.05, 3.63) is 64.3 Å². The van der Waals surface area contributed by atoms with E-state index in [-0.39, 0.29) is 0 Å². The third kappa shape index (κ3) is 4.36. The molecular formula is C19H17Cl2N3O2. The Hall–Kier alpha value is -2.50. The van der Waals surface area contributed by atoms with E-state index in [9.17, 15) is 0 Å². The van der Waals surface area contributed by atoms with E-state index in [2.05, 4.69) is 10.1 Å². The summed E-state index contributed by atoms with van der Waals surface area (Å²) in [6, 6.07) is 12.7. The molecule has 0 fully saturated rings. The van der Waals surface area contributed by atoms with Gasteiger partial charge in [0.05, 0.1) is 28.0 Å². The zero-order valence-corrected chi connectivity index (χ0v) is 15.8. The van der Waals surface area contributed by atoms with E-state index in [0.717, 1.165) is 16.9 Å². The van der Waals surface area contributed by atoms with Crippen molar-refractivity contribution in [3.63, 3.8) is 0 Å². The predicted molar refractivity (Wildman–Crippen MR) is 105 cm³/mol. The number of aryl methyl sites for hydroxylation is 1. The second-order valence-corrected chi connectivity index (χ2v) is 6.25. The van der Waals surface area contributed by atoms with Crippen molar-refractivity contribution in [2.24, 2.45) is 4.99 Å². The normalized spacial score (nSPS) is 11.1. The molecule has 0 radical (unpaired) electrons. The highest BCUT2D eigenvalue weighted by atomic mass is 35.5. The maximum Gasteiger partial charge on any atom is 0.238 e. The lowest BCUT2D eigenvalue weighted by Gasteiger charge is -2.06. The van der Waals surface area contributed by atoms with Gasteiger partial charge in [0.2, 0.25) is 5.88 Å². The smallest absolute Gasteiger partial charge is 0.238 e. The molecule has 0 spiro atoms. The number of benzene rings is 2. The Morgan fingerprint density at radius 3 is 2.69 bits per heavy atom. The van der Waals surface area contributed by atoms with E-state index < -0.39 is 0 Å². The third-order valence-electron chi connectivity index (χ3n) is 3.56. The number of aliphatic imine (C=N–C) groups is 1. The van der Waals surface area contributed by atoms with Crippen molar-refractivity contribution in [1.29, 1.82) is 0 Å². The van der Waals surface area contributed by atoms with Gasteiger partial charge in [-0.25, -0.2) is 9.67 Å². The van der Waals surface area contributed by atoms with Crippen LogP contribution in [0.1, 0.15) is 12.5 Å². The van der Waals surface area contributed by atoms with Gasteiger partial charge in [0.25, 0.3) is 0 Å². The lowest BCUT2D eigenvalue weighted by molar-refractivity contribution is 0.344. The molecule has 7 heteroatoms. The van der Waals surface area contributed by atoms with Crippen LogP contribution >= 0.6 is 23.2 Å². The topological polar surface area (TPSA) is 48.6 Å². The van der Waals surface area contributed by atoms with Crippen LogP contribution < -0.4 is 4.74 Å². The minimum absolute atomic E-state index is 0.473. The molecular weight excluding hydrogens is 373 g/mol. The summed E-state index contributed by atoms with van der Waals surface area (Å²) in [5, 5.41) is 5.38. The van der Waals surface area contributed by atoms with Crippen LogP contribution in [0.2, 0.25) is 10.0 Å². The van der Waals surface area contributed by atoms with E-state index in [0.29, 0.717) is 28.3 Å². The van der Waals surface area contributed by atoms with Crippen molar-refractivity contribution < 1.29 is 9.47 Å². The van der Waals surface area contributed by atoms with E-state index in [1.54, 1.807) is 29.1 Å². The summed E-state index contributed by atoms with van der Waals surface area (Å²) in [4.78, 5) is 4.26. The average Bonchev–Trinajstić information content (AvgIpc) is 3.08. The first kappa shape index (κ1) is 18.3. The lowest BCUT2D eigenvalue weighted by Crippen LogP contribution is -1.95. The molecule has 0 saturated carbocycles. The number of halogens is 2. The van der Waals surface area contributed by atoms with Crippen LogP contribution in [0.3, 0.4) is 0 Å². The molecule has 0 bridgehead atoms. The van der Waals surface area contributed by atoms with Crippen molar-refractivity contribution in [2.45, 2.75) is 13.8 Å². The summed E-state index contributed by atoms with van der Waals surface area (Å²) in [6.45, 7) is 4.46. The van der Waals surface area contributed by atoms with Crippen molar-refractivity contribution in [1.82, 2.24) is 9.78 Å². The molecule has 0 amide bonds. The van der Waals surface area contributed by atoms with Gasteiger partial charge in [-0.05, 0) is 55.8 Å². The molecule has 3 rings (SSSR count). The molecule has 1 heterocycles. The highest BCUT2D eigenvalue weighted by Crippen LogP contribution is 2.28. The van der Waals surface area contributed by atoms with Crippen LogP contribution in [0.25, 0.3) is 5.69 Å². The van der Waals surface area contributed by atoms with E-state index in [1.165, 1.54) is 6.40 Å². The van der Waals surface area contributed by atoms with Gasteiger partial charge >= 0.3 is 0 Å². The predicted octanol–water partition coefficient (Wildman–Crippen LogP) is 5.98. The lowest BCUT2D eigenvalue weighted by atomic mass is 10.2. The zero-order chi connectivity index (χ0) is 18.5. The Morgan fingerprint density at radius 2 is 1.96 bits per heavy atom. The summed E-state index contributed by atoms with van der Waals surface area (Å²) in [6.07, 6.45) is 3.24. The molecule has 0 saturated heterocycles. The van der Waals surface area contributed by atoms with Gasteiger partial charge in [0, 0.05) is 12.3 Å². The van der Waals surface area contributed by atoms with Crippen LogP contribution in [0, 0.1) is 6.92 Å². The Morgan fingerprint density at radius 1 is 1.12 bits per heavy atom. The molecule has 1 aromatic heterocycles. The monoisotopic (exact) mass is 389 g/mol. The molecule has 3 aromatic rings. The number of nitrogens with zero attached hydrogens (tertiary/aromatic N) is 3. The molecule has 2 aromatic carbocycles. The van der Waals surface area contributed by atoms with Gasteiger partial charge in [0.15, 0.2) is 6.40 Å². The summed E-state index contributed by atoms with van der Waals surface area (Å²) in [7, 11) is 0. The van der Waals surface area contributed by atoms with Crippen LogP contribution in [-0.4, -0.2) is 22.8 Å². The summed E-state index contributed by atoms with van der Waals surface area (Å²) in [5.74, 6) is 1.15. The maximum atomic E-state index is 6.05. The molecule has 134 valence electrons. The number of hydrogen-bond donors (Lipinski definition) is 0. The standard InChI is InChI=1S/C19H17Cl2N3O2/c1-3-25-12-22-18-7-5-15(10-13(18)2)26-19-8-9-24(23-19)14-4-6-16(20)17(21)11-14/h4-12H,3H2,1-2H3/b22-12+. The van der Waals surface area contributed by atoms with Gasteiger partial charge in [-0.2, -0.15) is 0 Å². The average molecular weight is 390 g/mol. The summed E-state index contributed by atoms with van der Waals surface area (Å²) < 4.78 is 12.6. The zero-order valence-electron chi connectivity index (χ0n) is 14.3. The Kier molecular flexibility index (Phi) is 5.81. The number of hydrogen-bond acceptors (Lipinski definition) is 4. The van der Waals surface area contributed by atoms with Gasteiger partial charge in [0.1, 0.15) is 5.75 Å². The van der Waals surface area contributed by atoms with Crippen molar-refractivity contribution in [2.75, 3.05) is 6.61 Å². The van der Waals surface area contributed by atoms with Gasteiger partial charge in [-0.3, -0.25) is 0 Å². The van der Waals surface area contributed by atoms with Crippen molar-refractivity contribution >= 4 is 35.3 Å². The fourth-order valence-corrected chi connectivity index (χ4v) is 2.55. The third-order valence-corrected chi connectivity index (χ3v) is 4.30. The highest BCUT2D eigenvalue weighted by molar-refractivity contribution is 6.42. The van der Waals surface area contributed by atoms with Gasteiger partial charge in [-0.1, -0.05) is 23.2 Å². The first-order valence-electron chi connectivity index (χ1n) is 8.00.